The Hall–Kier alpha value is -2.27. The summed E-state index contributed by atoms with van der Waals surface area (Å²) in [4.78, 5) is 24.2. The van der Waals surface area contributed by atoms with Crippen molar-refractivity contribution in [3.63, 3.8) is 0 Å². The van der Waals surface area contributed by atoms with Crippen LogP contribution < -0.4 is 10.9 Å². The molecule has 0 saturated heterocycles. The van der Waals surface area contributed by atoms with Crippen LogP contribution in [0.3, 0.4) is 0 Å². The fourth-order valence-corrected chi connectivity index (χ4v) is 3.01. The van der Waals surface area contributed by atoms with Crippen LogP contribution in [0.15, 0.2) is 34.7 Å². The molecule has 1 fully saturated rings. The van der Waals surface area contributed by atoms with Gasteiger partial charge in [-0.15, -0.1) is 0 Å². The first kappa shape index (κ1) is 15.6. The molecule has 1 heterocycles. The Kier molecular flexibility index (Phi) is 4.13. The lowest BCUT2D eigenvalue weighted by molar-refractivity contribution is -0.123. The number of benzene rings is 1. The Labute approximate surface area is 139 Å². The third-order valence-electron chi connectivity index (χ3n) is 4.02. The second-order valence-electron chi connectivity index (χ2n) is 5.74. The van der Waals surface area contributed by atoms with Crippen molar-refractivity contribution in [2.75, 3.05) is 0 Å². The predicted molar refractivity (Wildman–Crippen MR) is 86.1 cm³/mol. The van der Waals surface area contributed by atoms with E-state index in [1.54, 1.807) is 19.9 Å². The summed E-state index contributed by atoms with van der Waals surface area (Å²) in [5.74, 6) is 0.527. The maximum Gasteiger partial charge on any atom is 0.273 e. The maximum absolute atomic E-state index is 12.1. The number of rotatable bonds is 3. The van der Waals surface area contributed by atoms with Crippen LogP contribution in [-0.4, -0.2) is 11.8 Å². The largest absolute Gasteiger partial charge is 0.466 e. The zero-order valence-corrected chi connectivity index (χ0v) is 13.6. The molecule has 2 unspecified atom stereocenters. The number of hydrogen-bond donors (Lipinski definition) is 2. The standard InChI is InChI=1S/C17H17ClN2O3/c1-9-7-12(10(2)23-9)16(21)19-20-17(22)14-8-13(14)11-5-3-4-6-15(11)18/h3-7,13-14H,8H2,1-2H3,(H,19,21)(H,20,22). The van der Waals surface area contributed by atoms with Crippen LogP contribution in [0.1, 0.15) is 39.8 Å². The van der Waals surface area contributed by atoms with E-state index in [2.05, 4.69) is 10.9 Å². The van der Waals surface area contributed by atoms with Gasteiger partial charge >= 0.3 is 0 Å². The number of aryl methyl sites for hydroxylation is 2. The average Bonchev–Trinajstić information content (AvgIpc) is 3.23. The smallest absolute Gasteiger partial charge is 0.273 e. The SMILES string of the molecule is Cc1cc(C(=O)NNC(=O)C2CC2c2ccccc2Cl)c(C)o1. The van der Waals surface area contributed by atoms with Gasteiger partial charge in [0.1, 0.15) is 11.5 Å². The van der Waals surface area contributed by atoms with Crippen LogP contribution in [0.2, 0.25) is 5.02 Å². The van der Waals surface area contributed by atoms with Gasteiger partial charge in [0, 0.05) is 10.9 Å². The molecular formula is C17H17ClN2O3. The highest BCUT2D eigenvalue weighted by atomic mass is 35.5. The van der Waals surface area contributed by atoms with E-state index in [-0.39, 0.29) is 23.7 Å². The van der Waals surface area contributed by atoms with E-state index >= 15 is 0 Å². The molecule has 2 atom stereocenters. The molecule has 0 aliphatic heterocycles. The lowest BCUT2D eigenvalue weighted by Gasteiger charge is -2.07. The van der Waals surface area contributed by atoms with Gasteiger partial charge in [-0.3, -0.25) is 20.4 Å². The molecule has 1 aromatic heterocycles. The second-order valence-corrected chi connectivity index (χ2v) is 6.15. The predicted octanol–water partition coefficient (Wildman–Crippen LogP) is 3.11. The summed E-state index contributed by atoms with van der Waals surface area (Å²) in [6.07, 6.45) is 0.731. The highest BCUT2D eigenvalue weighted by Gasteiger charge is 2.44. The van der Waals surface area contributed by atoms with Crippen LogP contribution in [0.5, 0.6) is 0 Å². The Bertz CT molecular complexity index is 769. The number of carbonyl (C=O) groups is 2. The molecule has 2 N–H and O–H groups in total. The number of furan rings is 1. The molecule has 23 heavy (non-hydrogen) atoms. The molecule has 0 spiro atoms. The van der Waals surface area contributed by atoms with Gasteiger partial charge in [0.15, 0.2) is 0 Å². The molecule has 6 heteroatoms. The van der Waals surface area contributed by atoms with Gasteiger partial charge in [0.25, 0.3) is 5.91 Å². The van der Waals surface area contributed by atoms with E-state index in [9.17, 15) is 9.59 Å². The van der Waals surface area contributed by atoms with Crippen molar-refractivity contribution >= 4 is 23.4 Å². The Morgan fingerprint density at radius 3 is 2.61 bits per heavy atom. The van der Waals surface area contributed by atoms with E-state index in [1.807, 2.05) is 24.3 Å². The second kappa shape index (κ2) is 6.08. The quantitative estimate of drug-likeness (QED) is 0.848. The minimum Gasteiger partial charge on any atom is -0.466 e. The zero-order valence-electron chi connectivity index (χ0n) is 12.9. The summed E-state index contributed by atoms with van der Waals surface area (Å²) in [6, 6.07) is 9.14. The van der Waals surface area contributed by atoms with Crippen molar-refractivity contribution in [2.45, 2.75) is 26.2 Å². The van der Waals surface area contributed by atoms with Crippen molar-refractivity contribution in [3.05, 3.63) is 58.0 Å². The highest BCUT2D eigenvalue weighted by molar-refractivity contribution is 6.31. The Balaban J connectivity index is 1.56. The van der Waals surface area contributed by atoms with Crippen LogP contribution >= 0.6 is 11.6 Å². The lowest BCUT2D eigenvalue weighted by atomic mass is 10.1. The normalized spacial score (nSPS) is 19.3. The number of amides is 2. The van der Waals surface area contributed by atoms with Crippen LogP contribution in [-0.2, 0) is 4.79 Å². The fraction of sp³-hybridized carbons (Fsp3) is 0.294. The summed E-state index contributed by atoms with van der Waals surface area (Å²) in [5.41, 5.74) is 6.30. The molecule has 1 aromatic carbocycles. The minimum atomic E-state index is -0.386. The van der Waals surface area contributed by atoms with E-state index < -0.39 is 0 Å². The third kappa shape index (κ3) is 3.24. The first-order valence-corrected chi connectivity index (χ1v) is 7.77. The molecule has 5 nitrogen and oxygen atoms in total. The Morgan fingerprint density at radius 1 is 1.22 bits per heavy atom. The van der Waals surface area contributed by atoms with Gasteiger partial charge < -0.3 is 4.42 Å². The van der Waals surface area contributed by atoms with Crippen LogP contribution in [0.25, 0.3) is 0 Å². The molecule has 1 aliphatic rings. The van der Waals surface area contributed by atoms with Crippen LogP contribution in [0, 0.1) is 19.8 Å². The molecule has 0 bridgehead atoms. The highest BCUT2D eigenvalue weighted by Crippen LogP contribution is 2.49. The number of hydrazine groups is 1. The molecule has 0 radical (unpaired) electrons. The van der Waals surface area contributed by atoms with E-state index in [0.29, 0.717) is 22.1 Å². The average molecular weight is 333 g/mol. The first-order valence-electron chi connectivity index (χ1n) is 7.39. The number of hydrogen-bond acceptors (Lipinski definition) is 3. The summed E-state index contributed by atoms with van der Waals surface area (Å²) >= 11 is 6.14. The van der Waals surface area contributed by atoms with E-state index in [1.165, 1.54) is 0 Å². The number of halogens is 1. The van der Waals surface area contributed by atoms with Crippen molar-refractivity contribution in [1.29, 1.82) is 0 Å². The lowest BCUT2D eigenvalue weighted by Crippen LogP contribution is -2.42. The summed E-state index contributed by atoms with van der Waals surface area (Å²) in [7, 11) is 0. The third-order valence-corrected chi connectivity index (χ3v) is 4.36. The first-order chi connectivity index (χ1) is 11.0. The van der Waals surface area contributed by atoms with Crippen molar-refractivity contribution < 1.29 is 14.0 Å². The van der Waals surface area contributed by atoms with Crippen molar-refractivity contribution in [1.82, 2.24) is 10.9 Å². The zero-order chi connectivity index (χ0) is 16.6. The van der Waals surface area contributed by atoms with Gasteiger partial charge in [0.05, 0.1) is 5.56 Å². The molecule has 1 saturated carbocycles. The summed E-state index contributed by atoms with van der Waals surface area (Å²) in [5, 5.41) is 0.668. The number of nitrogens with one attached hydrogen (secondary N) is 2. The topological polar surface area (TPSA) is 71.3 Å². The van der Waals surface area contributed by atoms with Gasteiger partial charge in [-0.2, -0.15) is 0 Å². The van der Waals surface area contributed by atoms with E-state index in [0.717, 1.165) is 12.0 Å². The van der Waals surface area contributed by atoms with E-state index in [4.69, 9.17) is 16.0 Å². The van der Waals surface area contributed by atoms with Crippen molar-refractivity contribution in [2.24, 2.45) is 5.92 Å². The monoisotopic (exact) mass is 332 g/mol. The van der Waals surface area contributed by atoms with Crippen molar-refractivity contribution in [3.8, 4) is 0 Å². The Morgan fingerprint density at radius 2 is 1.96 bits per heavy atom. The van der Waals surface area contributed by atoms with Gasteiger partial charge in [-0.1, -0.05) is 29.8 Å². The molecule has 1 aliphatic carbocycles. The minimum absolute atomic E-state index is 0.110. The fourth-order valence-electron chi connectivity index (χ4n) is 2.74. The molecule has 120 valence electrons. The summed E-state index contributed by atoms with van der Waals surface area (Å²) < 4.78 is 5.30. The maximum atomic E-state index is 12.1. The van der Waals surface area contributed by atoms with Crippen LogP contribution in [0.4, 0.5) is 0 Å². The molecule has 3 rings (SSSR count). The van der Waals surface area contributed by atoms with Gasteiger partial charge in [-0.25, -0.2) is 0 Å². The van der Waals surface area contributed by atoms with Gasteiger partial charge in [0.2, 0.25) is 5.91 Å². The summed E-state index contributed by atoms with van der Waals surface area (Å²) in [6.45, 7) is 3.47. The van der Waals surface area contributed by atoms with Gasteiger partial charge in [-0.05, 0) is 43.9 Å². The molecule has 2 aromatic rings. The number of carbonyl (C=O) groups excluding carboxylic acids is 2. The molecule has 2 amide bonds. The molecular weight excluding hydrogens is 316 g/mol.